The molecule has 1 aromatic heterocycles. The van der Waals surface area contributed by atoms with Gasteiger partial charge < -0.3 is 9.64 Å². The topological polar surface area (TPSA) is 42.4 Å². The Labute approximate surface area is 130 Å². The lowest BCUT2D eigenvalue weighted by Crippen LogP contribution is -2.50. The van der Waals surface area contributed by atoms with Crippen LogP contribution in [-0.2, 0) is 4.74 Å². The number of aromatic nitrogens is 1. The van der Waals surface area contributed by atoms with Crippen LogP contribution in [0.2, 0.25) is 0 Å². The second-order valence-corrected chi connectivity index (χ2v) is 6.09. The summed E-state index contributed by atoms with van der Waals surface area (Å²) in [7, 11) is 0. The third kappa shape index (κ3) is 3.60. The highest BCUT2D eigenvalue weighted by atomic mass is 32.1. The molecule has 0 spiro atoms. The van der Waals surface area contributed by atoms with E-state index in [1.54, 1.807) is 0 Å². The van der Waals surface area contributed by atoms with Gasteiger partial charge in [-0.15, -0.1) is 11.3 Å². The molecule has 2 rings (SSSR count). The first kappa shape index (κ1) is 15.9. The molecule has 0 radical (unpaired) electrons. The Hall–Kier alpha value is -1.46. The highest BCUT2D eigenvalue weighted by molar-refractivity contribution is 7.11. The highest BCUT2D eigenvalue weighted by Crippen LogP contribution is 2.23. The lowest BCUT2D eigenvalue weighted by molar-refractivity contribution is -0.0388. The van der Waals surface area contributed by atoms with E-state index in [0.29, 0.717) is 18.8 Å². The summed E-state index contributed by atoms with van der Waals surface area (Å²) < 4.78 is 5.57. The zero-order valence-electron chi connectivity index (χ0n) is 13.0. The second kappa shape index (κ2) is 7.00. The molecule has 0 bridgehead atoms. The molecule has 21 heavy (non-hydrogen) atoms. The fourth-order valence-electron chi connectivity index (χ4n) is 2.31. The van der Waals surface area contributed by atoms with E-state index in [1.165, 1.54) is 11.3 Å². The van der Waals surface area contributed by atoms with Crippen LogP contribution < -0.4 is 0 Å². The molecule has 1 amide bonds. The zero-order valence-corrected chi connectivity index (χ0v) is 13.8. The highest BCUT2D eigenvalue weighted by Gasteiger charge is 2.29. The molecule has 1 fully saturated rings. The maximum atomic E-state index is 12.6. The zero-order chi connectivity index (χ0) is 15.4. The third-order valence-electron chi connectivity index (χ3n) is 3.50. The summed E-state index contributed by atoms with van der Waals surface area (Å²) in [5.74, 6) is -0.00363. The fraction of sp³-hybridized carbons (Fsp3) is 0.500. The van der Waals surface area contributed by atoms with Crippen LogP contribution in [0.3, 0.4) is 0 Å². The quantitative estimate of drug-likeness (QED) is 0.804. The Morgan fingerprint density at radius 1 is 1.48 bits per heavy atom. The summed E-state index contributed by atoms with van der Waals surface area (Å²) in [5, 5.41) is 2.73. The van der Waals surface area contributed by atoms with Gasteiger partial charge in [-0.1, -0.05) is 18.2 Å². The van der Waals surface area contributed by atoms with Gasteiger partial charge in [0.25, 0.3) is 5.91 Å². The number of hydrogen-bond donors (Lipinski definition) is 0. The smallest absolute Gasteiger partial charge is 0.273 e. The fourth-order valence-corrected chi connectivity index (χ4v) is 3.16. The number of allylic oxidation sites excluding steroid dienone is 4. The van der Waals surface area contributed by atoms with E-state index in [1.807, 2.05) is 56.2 Å². The summed E-state index contributed by atoms with van der Waals surface area (Å²) in [6, 6.07) is 0.0931. The maximum absolute atomic E-state index is 12.6. The van der Waals surface area contributed by atoms with Crippen molar-refractivity contribution in [3.05, 3.63) is 34.3 Å². The molecule has 1 aliphatic heterocycles. The van der Waals surface area contributed by atoms with Crippen molar-refractivity contribution < 1.29 is 9.53 Å². The lowest BCUT2D eigenvalue weighted by Gasteiger charge is -2.36. The third-order valence-corrected chi connectivity index (χ3v) is 4.39. The number of thiazole rings is 1. The monoisotopic (exact) mass is 306 g/mol. The van der Waals surface area contributed by atoms with Gasteiger partial charge in [-0.05, 0) is 27.7 Å². The van der Waals surface area contributed by atoms with Gasteiger partial charge in [-0.3, -0.25) is 4.79 Å². The average Bonchev–Trinajstić information content (AvgIpc) is 2.96. The van der Waals surface area contributed by atoms with Gasteiger partial charge in [0.15, 0.2) is 0 Å². The molecule has 2 heterocycles. The van der Waals surface area contributed by atoms with Gasteiger partial charge in [0, 0.05) is 17.5 Å². The molecule has 4 nitrogen and oxygen atoms in total. The first-order valence-electron chi connectivity index (χ1n) is 7.24. The molecule has 0 N–H and O–H groups in total. The molecular weight excluding hydrogens is 284 g/mol. The predicted molar refractivity (Wildman–Crippen MR) is 86.5 cm³/mol. The average molecular weight is 306 g/mol. The van der Waals surface area contributed by atoms with E-state index >= 15 is 0 Å². The molecule has 2 unspecified atom stereocenters. The summed E-state index contributed by atoms with van der Waals surface area (Å²) >= 11 is 1.51. The molecule has 5 heteroatoms. The van der Waals surface area contributed by atoms with Crippen molar-refractivity contribution >= 4 is 22.8 Å². The lowest BCUT2D eigenvalue weighted by atomic mass is 10.2. The standard InChI is InChI=1S/C16H22N2O2S/c1-5-7-13(6-2)15-17-14(10-21-15)16(19)18-8-12(4)20-9-11(18)3/h5-7,10-12H,8-9H2,1-4H3/b7-5-,13-6+. The minimum Gasteiger partial charge on any atom is -0.375 e. The van der Waals surface area contributed by atoms with Crippen LogP contribution in [0, 0.1) is 0 Å². The van der Waals surface area contributed by atoms with Gasteiger partial charge >= 0.3 is 0 Å². The Bertz CT molecular complexity index is 562. The summed E-state index contributed by atoms with van der Waals surface area (Å²) in [5.41, 5.74) is 1.57. The molecule has 1 aliphatic rings. The van der Waals surface area contributed by atoms with Crippen LogP contribution in [0.1, 0.15) is 43.2 Å². The van der Waals surface area contributed by atoms with Crippen molar-refractivity contribution in [2.75, 3.05) is 13.2 Å². The van der Waals surface area contributed by atoms with E-state index in [-0.39, 0.29) is 18.1 Å². The van der Waals surface area contributed by atoms with Crippen LogP contribution in [-0.4, -0.2) is 41.1 Å². The summed E-state index contributed by atoms with van der Waals surface area (Å²) in [6.45, 7) is 9.15. The van der Waals surface area contributed by atoms with Crippen molar-refractivity contribution in [1.82, 2.24) is 9.88 Å². The number of amides is 1. The molecule has 0 aromatic carbocycles. The van der Waals surface area contributed by atoms with Crippen LogP contribution in [0.25, 0.3) is 5.57 Å². The Kier molecular flexibility index (Phi) is 5.31. The summed E-state index contributed by atoms with van der Waals surface area (Å²) in [6.07, 6.45) is 6.07. The van der Waals surface area contributed by atoms with E-state index in [4.69, 9.17) is 4.74 Å². The molecule has 1 aromatic rings. The molecule has 0 aliphatic carbocycles. The number of morpholine rings is 1. The van der Waals surface area contributed by atoms with Crippen LogP contribution in [0.4, 0.5) is 0 Å². The summed E-state index contributed by atoms with van der Waals surface area (Å²) in [4.78, 5) is 19.0. The van der Waals surface area contributed by atoms with Crippen LogP contribution >= 0.6 is 11.3 Å². The van der Waals surface area contributed by atoms with Gasteiger partial charge in [0.1, 0.15) is 10.7 Å². The van der Waals surface area contributed by atoms with E-state index in [9.17, 15) is 4.79 Å². The van der Waals surface area contributed by atoms with Crippen LogP contribution in [0.15, 0.2) is 23.6 Å². The number of rotatable bonds is 3. The number of carbonyl (C=O) groups is 1. The molecular formula is C16H22N2O2S. The van der Waals surface area contributed by atoms with E-state index in [2.05, 4.69) is 4.98 Å². The van der Waals surface area contributed by atoms with E-state index < -0.39 is 0 Å². The van der Waals surface area contributed by atoms with Crippen molar-refractivity contribution in [2.24, 2.45) is 0 Å². The van der Waals surface area contributed by atoms with Crippen molar-refractivity contribution in [1.29, 1.82) is 0 Å². The largest absolute Gasteiger partial charge is 0.375 e. The first-order valence-corrected chi connectivity index (χ1v) is 8.12. The Morgan fingerprint density at radius 2 is 2.24 bits per heavy atom. The van der Waals surface area contributed by atoms with Gasteiger partial charge in [0.05, 0.1) is 18.8 Å². The minimum absolute atomic E-state index is 0.00363. The van der Waals surface area contributed by atoms with Crippen LogP contribution in [0.5, 0.6) is 0 Å². The molecule has 1 saturated heterocycles. The Morgan fingerprint density at radius 3 is 2.90 bits per heavy atom. The molecule has 114 valence electrons. The van der Waals surface area contributed by atoms with Crippen molar-refractivity contribution in [2.45, 2.75) is 39.8 Å². The van der Waals surface area contributed by atoms with Gasteiger partial charge in [-0.2, -0.15) is 0 Å². The number of hydrogen-bond acceptors (Lipinski definition) is 4. The van der Waals surface area contributed by atoms with Crippen molar-refractivity contribution in [3.8, 4) is 0 Å². The maximum Gasteiger partial charge on any atom is 0.273 e. The van der Waals surface area contributed by atoms with Gasteiger partial charge in [0.2, 0.25) is 0 Å². The minimum atomic E-state index is -0.00363. The van der Waals surface area contributed by atoms with E-state index in [0.717, 1.165) is 10.6 Å². The number of ether oxygens (including phenoxy) is 1. The first-order chi connectivity index (χ1) is 10.1. The number of carbonyl (C=O) groups excluding carboxylic acids is 1. The number of nitrogens with zero attached hydrogens (tertiary/aromatic N) is 2. The van der Waals surface area contributed by atoms with Gasteiger partial charge in [-0.25, -0.2) is 4.98 Å². The van der Waals surface area contributed by atoms with Crippen molar-refractivity contribution in [3.63, 3.8) is 0 Å². The Balaban J connectivity index is 2.19. The molecule has 2 atom stereocenters. The second-order valence-electron chi connectivity index (χ2n) is 5.23. The SMILES string of the molecule is C/C=C\C(=C/C)c1nc(C(=O)N2CC(C)OCC2C)cs1. The predicted octanol–water partition coefficient (Wildman–Crippen LogP) is 3.37. The molecule has 0 saturated carbocycles. The normalized spacial score (nSPS) is 23.8.